The molecule has 0 aromatic heterocycles. The average Bonchev–Trinajstić information content (AvgIpc) is 3.20. The smallest absolute Gasteiger partial charge is 0.282 e. The molecule has 1 saturated heterocycles. The Kier molecular flexibility index (Phi) is 5.84. The van der Waals surface area contributed by atoms with Crippen LogP contribution in [-0.2, 0) is 0 Å². The molecule has 1 aliphatic rings. The summed E-state index contributed by atoms with van der Waals surface area (Å²) in [6.07, 6.45) is 0.213. The van der Waals surface area contributed by atoms with Crippen LogP contribution in [0.4, 0.5) is 20.2 Å². The maximum absolute atomic E-state index is 13.8. The van der Waals surface area contributed by atoms with Crippen LogP contribution in [0, 0.1) is 21.7 Å². The van der Waals surface area contributed by atoms with Gasteiger partial charge in [-0.1, -0.05) is 6.07 Å². The zero-order valence-corrected chi connectivity index (χ0v) is 14.9. The topological polar surface area (TPSA) is 95.7 Å². The fourth-order valence-electron chi connectivity index (χ4n) is 3.21. The molecule has 1 fully saturated rings. The Bertz CT molecular complexity index is 880. The molecule has 148 valence electrons. The molecule has 1 atom stereocenters. The van der Waals surface area contributed by atoms with Crippen molar-refractivity contribution in [1.29, 1.82) is 0 Å². The van der Waals surface area contributed by atoms with E-state index in [0.717, 1.165) is 25.0 Å². The molecule has 1 unspecified atom stereocenters. The minimum absolute atomic E-state index is 0.0662. The van der Waals surface area contributed by atoms with Gasteiger partial charge in [0, 0.05) is 31.4 Å². The number of nitrogens with zero attached hydrogens (tertiary/aromatic N) is 2. The molecule has 2 aromatic carbocycles. The van der Waals surface area contributed by atoms with E-state index < -0.39 is 34.1 Å². The number of hydrogen-bond donors (Lipinski definition) is 2. The van der Waals surface area contributed by atoms with Crippen LogP contribution in [0.15, 0.2) is 36.4 Å². The average molecular weight is 391 g/mol. The van der Waals surface area contributed by atoms with Gasteiger partial charge < -0.3 is 15.3 Å². The number of benzene rings is 2. The molecule has 3 rings (SSSR count). The number of nitrogens with one attached hydrogen (secondary N) is 1. The third-order valence-corrected chi connectivity index (χ3v) is 4.65. The number of carbonyl (C=O) groups is 1. The number of aliphatic hydroxyl groups excluding tert-OH is 1. The molecule has 1 aliphatic heterocycles. The molecule has 0 saturated carbocycles. The van der Waals surface area contributed by atoms with Gasteiger partial charge in [-0.15, -0.1) is 0 Å². The highest BCUT2D eigenvalue weighted by Gasteiger charge is 2.27. The third kappa shape index (κ3) is 4.09. The molecule has 9 heteroatoms. The maximum atomic E-state index is 13.8. The minimum atomic E-state index is -1.48. The molecule has 1 heterocycles. The van der Waals surface area contributed by atoms with Crippen LogP contribution < -0.4 is 5.32 Å². The van der Waals surface area contributed by atoms with Crippen LogP contribution in [0.2, 0.25) is 0 Å². The first-order valence-corrected chi connectivity index (χ1v) is 8.82. The second-order valence-electron chi connectivity index (χ2n) is 6.52. The number of aliphatic hydroxyl groups is 1. The first-order valence-electron chi connectivity index (χ1n) is 8.82. The lowest BCUT2D eigenvalue weighted by molar-refractivity contribution is -0.385. The van der Waals surface area contributed by atoms with Crippen LogP contribution in [-0.4, -0.2) is 40.5 Å². The number of halogens is 2. The summed E-state index contributed by atoms with van der Waals surface area (Å²) in [5.74, 6) is -2.18. The van der Waals surface area contributed by atoms with Crippen LogP contribution >= 0.6 is 0 Å². The van der Waals surface area contributed by atoms with Gasteiger partial charge in [0.15, 0.2) is 0 Å². The zero-order valence-electron chi connectivity index (χ0n) is 14.9. The van der Waals surface area contributed by atoms with Crippen molar-refractivity contribution >= 4 is 17.3 Å². The molecule has 0 bridgehead atoms. The number of nitro groups is 1. The Morgan fingerprint density at radius 1 is 1.21 bits per heavy atom. The quantitative estimate of drug-likeness (QED) is 0.582. The summed E-state index contributed by atoms with van der Waals surface area (Å²) in [7, 11) is 0. The summed E-state index contributed by atoms with van der Waals surface area (Å²) in [6.45, 7) is 0.838. The first kappa shape index (κ1) is 19.7. The van der Waals surface area contributed by atoms with E-state index in [-0.39, 0.29) is 17.8 Å². The van der Waals surface area contributed by atoms with Gasteiger partial charge in [-0.3, -0.25) is 14.9 Å². The van der Waals surface area contributed by atoms with Gasteiger partial charge >= 0.3 is 0 Å². The molecule has 0 spiro atoms. The van der Waals surface area contributed by atoms with Crippen molar-refractivity contribution in [2.24, 2.45) is 0 Å². The molecule has 1 amide bonds. The Hall–Kier alpha value is -3.07. The fraction of sp³-hybridized carbons (Fsp3) is 0.316. The van der Waals surface area contributed by atoms with Crippen molar-refractivity contribution in [2.75, 3.05) is 25.0 Å². The number of likely N-dealkylation sites (tertiary alicyclic amines) is 1. The number of carbonyl (C=O) groups excluding carboxylic acids is 1. The number of amides is 1. The lowest BCUT2D eigenvalue weighted by Crippen LogP contribution is -2.28. The van der Waals surface area contributed by atoms with Crippen LogP contribution in [0.1, 0.15) is 34.9 Å². The monoisotopic (exact) mass is 391 g/mol. The van der Waals surface area contributed by atoms with Crippen molar-refractivity contribution in [1.82, 2.24) is 4.90 Å². The fourth-order valence-corrected chi connectivity index (χ4v) is 3.21. The van der Waals surface area contributed by atoms with Crippen molar-refractivity contribution in [3.05, 3.63) is 69.3 Å². The van der Waals surface area contributed by atoms with Crippen molar-refractivity contribution < 1.29 is 23.6 Å². The van der Waals surface area contributed by atoms with E-state index in [1.54, 1.807) is 4.90 Å². The molecule has 7 nitrogen and oxygen atoms in total. The Balaban J connectivity index is 1.80. The Labute approximate surface area is 159 Å². The van der Waals surface area contributed by atoms with Crippen LogP contribution in [0.25, 0.3) is 0 Å². The first-order chi connectivity index (χ1) is 13.4. The third-order valence-electron chi connectivity index (χ3n) is 4.65. The molecule has 0 aliphatic carbocycles. The zero-order chi connectivity index (χ0) is 20.3. The van der Waals surface area contributed by atoms with Crippen molar-refractivity contribution in [3.8, 4) is 0 Å². The van der Waals surface area contributed by atoms with Gasteiger partial charge in [0.1, 0.15) is 23.3 Å². The van der Waals surface area contributed by atoms with Crippen LogP contribution in [0.5, 0.6) is 0 Å². The van der Waals surface area contributed by atoms with E-state index in [1.807, 2.05) is 0 Å². The number of anilines is 1. The Morgan fingerprint density at radius 3 is 2.46 bits per heavy atom. The van der Waals surface area contributed by atoms with E-state index in [9.17, 15) is 28.8 Å². The van der Waals surface area contributed by atoms with Gasteiger partial charge in [0.2, 0.25) is 0 Å². The summed E-state index contributed by atoms with van der Waals surface area (Å²) >= 11 is 0. The van der Waals surface area contributed by atoms with Crippen LogP contribution in [0.3, 0.4) is 0 Å². The highest BCUT2D eigenvalue weighted by molar-refractivity contribution is 5.99. The second-order valence-corrected chi connectivity index (χ2v) is 6.52. The summed E-state index contributed by atoms with van der Waals surface area (Å²) in [5.41, 5.74) is -0.527. The standard InChI is InChI=1S/C19H19F2N3O4/c20-14-4-3-5-15(21)18(14)17(25)11-22-12-6-7-16(24(27)28)13(10-12)19(26)23-8-1-2-9-23/h3-7,10,17,22,25H,1-2,8-9,11H2. The summed E-state index contributed by atoms with van der Waals surface area (Å²) in [4.78, 5) is 24.8. The van der Waals surface area contributed by atoms with Gasteiger partial charge in [-0.2, -0.15) is 0 Å². The minimum Gasteiger partial charge on any atom is -0.386 e. The molecular weight excluding hydrogens is 372 g/mol. The summed E-state index contributed by atoms with van der Waals surface area (Å²) < 4.78 is 27.5. The lowest BCUT2D eigenvalue weighted by Gasteiger charge is -2.17. The van der Waals surface area contributed by atoms with Crippen molar-refractivity contribution in [3.63, 3.8) is 0 Å². The Morgan fingerprint density at radius 2 is 1.86 bits per heavy atom. The molecule has 0 radical (unpaired) electrons. The van der Waals surface area contributed by atoms with Crippen molar-refractivity contribution in [2.45, 2.75) is 18.9 Å². The number of nitro benzene ring substituents is 1. The van der Waals surface area contributed by atoms with E-state index >= 15 is 0 Å². The molecule has 2 aromatic rings. The summed E-state index contributed by atoms with van der Waals surface area (Å²) in [5, 5.41) is 24.2. The second kappa shape index (κ2) is 8.30. The number of rotatable bonds is 6. The normalized spacial score (nSPS) is 14.8. The lowest BCUT2D eigenvalue weighted by atomic mass is 10.1. The highest BCUT2D eigenvalue weighted by atomic mass is 19.1. The van der Waals surface area contributed by atoms with Gasteiger partial charge in [-0.25, -0.2) is 8.78 Å². The van der Waals surface area contributed by atoms with E-state index in [2.05, 4.69) is 5.32 Å². The molecular formula is C19H19F2N3O4. The maximum Gasteiger partial charge on any atom is 0.282 e. The highest BCUT2D eigenvalue weighted by Crippen LogP contribution is 2.27. The van der Waals surface area contributed by atoms with E-state index in [0.29, 0.717) is 18.8 Å². The van der Waals surface area contributed by atoms with E-state index in [4.69, 9.17) is 0 Å². The summed E-state index contributed by atoms with van der Waals surface area (Å²) in [6, 6.07) is 7.18. The van der Waals surface area contributed by atoms with Gasteiger partial charge in [0.25, 0.3) is 11.6 Å². The predicted octanol–water partition coefficient (Wildman–Crippen LogP) is 3.25. The SMILES string of the molecule is O=C(c1cc(NCC(O)c2c(F)cccc2F)ccc1[N+](=O)[O-])N1CCCC1. The van der Waals surface area contributed by atoms with Gasteiger partial charge in [0.05, 0.1) is 10.5 Å². The number of hydrogen-bond acceptors (Lipinski definition) is 5. The predicted molar refractivity (Wildman–Crippen MR) is 98.0 cm³/mol. The molecule has 2 N–H and O–H groups in total. The van der Waals surface area contributed by atoms with E-state index in [1.165, 1.54) is 24.3 Å². The largest absolute Gasteiger partial charge is 0.386 e. The molecule has 28 heavy (non-hydrogen) atoms. The van der Waals surface area contributed by atoms with Gasteiger partial charge in [-0.05, 0) is 37.1 Å².